The molecule has 0 amide bonds. The maximum Gasteiger partial charge on any atom is 0.212 e. The molecule has 0 spiro atoms. The van der Waals surface area contributed by atoms with E-state index in [1.54, 1.807) is 13.4 Å². The van der Waals surface area contributed by atoms with Crippen LogP contribution in [0.3, 0.4) is 0 Å². The third-order valence-corrected chi connectivity index (χ3v) is 4.22. The van der Waals surface area contributed by atoms with Crippen molar-refractivity contribution >= 4 is 5.96 Å². The number of methoxy groups -OCH3 is 1. The summed E-state index contributed by atoms with van der Waals surface area (Å²) in [5, 5.41) is 7.38. The van der Waals surface area contributed by atoms with Crippen molar-refractivity contribution in [2.45, 2.75) is 13.1 Å². The van der Waals surface area contributed by atoms with E-state index in [1.807, 2.05) is 31.4 Å². The number of aromatic nitrogens is 2. The number of hydrogen-bond acceptors (Lipinski definition) is 6. The molecule has 3 rings (SSSR count). The van der Waals surface area contributed by atoms with Gasteiger partial charge in [-0.15, -0.1) is 0 Å². The van der Waals surface area contributed by atoms with Gasteiger partial charge in [0.15, 0.2) is 5.96 Å². The van der Waals surface area contributed by atoms with Crippen LogP contribution in [0.4, 0.5) is 0 Å². The normalized spacial score (nSPS) is 16.1. The standard InChI is InChI=1S/C17H24N6O2/c1-18-17(20-12-14-3-4-16(24-2)19-11-14)23-8-6-22(7-9-23)13-15-5-10-25-21-15/h3-5,10-11H,6-9,12-13H2,1-2H3,(H,18,20). The van der Waals surface area contributed by atoms with Crippen molar-refractivity contribution in [2.24, 2.45) is 4.99 Å². The van der Waals surface area contributed by atoms with Crippen LogP contribution in [0.25, 0.3) is 0 Å². The highest BCUT2D eigenvalue weighted by Gasteiger charge is 2.20. The van der Waals surface area contributed by atoms with Gasteiger partial charge in [0.25, 0.3) is 0 Å². The fraction of sp³-hybridized carbons (Fsp3) is 0.471. The number of hydrogen-bond donors (Lipinski definition) is 1. The fourth-order valence-electron chi connectivity index (χ4n) is 2.82. The van der Waals surface area contributed by atoms with Gasteiger partial charge in [0.1, 0.15) is 6.26 Å². The molecule has 2 aromatic heterocycles. The number of guanidine groups is 1. The lowest BCUT2D eigenvalue weighted by atomic mass is 10.2. The summed E-state index contributed by atoms with van der Waals surface area (Å²) in [7, 11) is 3.43. The van der Waals surface area contributed by atoms with Crippen molar-refractivity contribution < 1.29 is 9.26 Å². The van der Waals surface area contributed by atoms with Crippen LogP contribution in [-0.2, 0) is 13.1 Å². The number of pyridine rings is 1. The first-order valence-corrected chi connectivity index (χ1v) is 8.34. The van der Waals surface area contributed by atoms with Gasteiger partial charge in [-0.3, -0.25) is 9.89 Å². The van der Waals surface area contributed by atoms with Crippen LogP contribution in [0.1, 0.15) is 11.3 Å². The Hall–Kier alpha value is -2.61. The van der Waals surface area contributed by atoms with Gasteiger partial charge in [-0.2, -0.15) is 0 Å². The van der Waals surface area contributed by atoms with Crippen LogP contribution in [0.2, 0.25) is 0 Å². The van der Waals surface area contributed by atoms with Crippen LogP contribution in [-0.4, -0.2) is 66.2 Å². The van der Waals surface area contributed by atoms with E-state index in [1.165, 1.54) is 0 Å². The molecule has 1 saturated heterocycles. The van der Waals surface area contributed by atoms with E-state index in [0.29, 0.717) is 12.4 Å². The van der Waals surface area contributed by atoms with Gasteiger partial charge < -0.3 is 19.5 Å². The third-order valence-electron chi connectivity index (χ3n) is 4.22. The smallest absolute Gasteiger partial charge is 0.212 e. The van der Waals surface area contributed by atoms with Crippen molar-refractivity contribution in [3.8, 4) is 5.88 Å². The monoisotopic (exact) mass is 344 g/mol. The molecule has 3 heterocycles. The van der Waals surface area contributed by atoms with Gasteiger partial charge in [-0.05, 0) is 5.56 Å². The van der Waals surface area contributed by atoms with Gasteiger partial charge in [-0.25, -0.2) is 4.98 Å². The Bertz CT molecular complexity index is 663. The minimum atomic E-state index is 0.622. The Labute approximate surface area is 147 Å². The van der Waals surface area contributed by atoms with Crippen LogP contribution in [0, 0.1) is 0 Å². The zero-order valence-corrected chi connectivity index (χ0v) is 14.7. The summed E-state index contributed by atoms with van der Waals surface area (Å²) >= 11 is 0. The molecular weight excluding hydrogens is 320 g/mol. The quantitative estimate of drug-likeness (QED) is 0.639. The molecule has 8 heteroatoms. The largest absolute Gasteiger partial charge is 0.481 e. The summed E-state index contributed by atoms with van der Waals surface area (Å²) in [6.45, 7) is 5.31. The summed E-state index contributed by atoms with van der Waals surface area (Å²) in [4.78, 5) is 13.3. The number of piperazine rings is 1. The molecule has 0 bridgehead atoms. The lowest BCUT2D eigenvalue weighted by Gasteiger charge is -2.36. The summed E-state index contributed by atoms with van der Waals surface area (Å²) < 4.78 is 9.97. The number of aliphatic imine (C=N–C) groups is 1. The van der Waals surface area contributed by atoms with Crippen LogP contribution in [0.15, 0.2) is 40.2 Å². The summed E-state index contributed by atoms with van der Waals surface area (Å²) in [6.07, 6.45) is 3.43. The Morgan fingerprint density at radius 3 is 2.72 bits per heavy atom. The second-order valence-electron chi connectivity index (χ2n) is 5.86. The van der Waals surface area contributed by atoms with Crippen molar-refractivity contribution in [3.05, 3.63) is 41.9 Å². The van der Waals surface area contributed by atoms with Gasteiger partial charge in [-0.1, -0.05) is 11.2 Å². The summed E-state index contributed by atoms with van der Waals surface area (Å²) in [5.74, 6) is 1.54. The summed E-state index contributed by atoms with van der Waals surface area (Å²) in [5.41, 5.74) is 2.06. The van der Waals surface area contributed by atoms with Crippen LogP contribution in [0.5, 0.6) is 5.88 Å². The lowest BCUT2D eigenvalue weighted by Crippen LogP contribution is -2.52. The second kappa shape index (κ2) is 8.48. The third kappa shape index (κ3) is 4.69. The fourth-order valence-corrected chi connectivity index (χ4v) is 2.82. The van der Waals surface area contributed by atoms with E-state index >= 15 is 0 Å². The van der Waals surface area contributed by atoms with Crippen LogP contribution >= 0.6 is 0 Å². The molecule has 1 N–H and O–H groups in total. The number of ether oxygens (including phenoxy) is 1. The average molecular weight is 344 g/mol. The molecule has 2 aromatic rings. The second-order valence-corrected chi connectivity index (χ2v) is 5.86. The summed E-state index contributed by atoms with van der Waals surface area (Å²) in [6, 6.07) is 5.78. The van der Waals surface area contributed by atoms with E-state index in [2.05, 4.69) is 30.2 Å². The van der Waals surface area contributed by atoms with E-state index < -0.39 is 0 Å². The minimum Gasteiger partial charge on any atom is -0.481 e. The molecule has 0 unspecified atom stereocenters. The molecule has 134 valence electrons. The molecule has 0 atom stereocenters. The first-order chi connectivity index (χ1) is 12.3. The molecular formula is C17H24N6O2. The van der Waals surface area contributed by atoms with E-state index in [9.17, 15) is 0 Å². The Morgan fingerprint density at radius 1 is 1.28 bits per heavy atom. The van der Waals surface area contributed by atoms with Crippen molar-refractivity contribution in [3.63, 3.8) is 0 Å². The highest BCUT2D eigenvalue weighted by molar-refractivity contribution is 5.80. The number of nitrogens with zero attached hydrogens (tertiary/aromatic N) is 5. The molecule has 1 aliphatic heterocycles. The first-order valence-electron chi connectivity index (χ1n) is 8.34. The van der Waals surface area contributed by atoms with E-state index in [0.717, 1.165) is 49.9 Å². The number of rotatable bonds is 5. The maximum absolute atomic E-state index is 5.08. The Balaban J connectivity index is 1.47. The van der Waals surface area contributed by atoms with Gasteiger partial charge in [0, 0.05) is 64.6 Å². The first kappa shape index (κ1) is 17.2. The number of nitrogens with one attached hydrogen (secondary N) is 1. The average Bonchev–Trinajstić information content (AvgIpc) is 3.17. The minimum absolute atomic E-state index is 0.622. The zero-order valence-electron chi connectivity index (χ0n) is 14.7. The predicted octanol–water partition coefficient (Wildman–Crippen LogP) is 0.971. The van der Waals surface area contributed by atoms with Gasteiger partial charge in [0.2, 0.25) is 5.88 Å². The highest BCUT2D eigenvalue weighted by Crippen LogP contribution is 2.09. The molecule has 1 fully saturated rings. The molecule has 1 aliphatic rings. The highest BCUT2D eigenvalue weighted by atomic mass is 16.5. The van der Waals surface area contributed by atoms with Crippen molar-refractivity contribution in [1.82, 2.24) is 25.3 Å². The van der Waals surface area contributed by atoms with Gasteiger partial charge in [0.05, 0.1) is 12.8 Å². The Morgan fingerprint density at radius 2 is 2.12 bits per heavy atom. The van der Waals surface area contributed by atoms with E-state index in [-0.39, 0.29) is 0 Å². The predicted molar refractivity (Wildman–Crippen MR) is 94.3 cm³/mol. The van der Waals surface area contributed by atoms with E-state index in [4.69, 9.17) is 9.26 Å². The molecule has 0 aromatic carbocycles. The van der Waals surface area contributed by atoms with Crippen molar-refractivity contribution in [1.29, 1.82) is 0 Å². The molecule has 8 nitrogen and oxygen atoms in total. The van der Waals surface area contributed by atoms with Crippen LogP contribution < -0.4 is 10.1 Å². The lowest BCUT2D eigenvalue weighted by molar-refractivity contribution is 0.169. The SMILES string of the molecule is CN=C(NCc1ccc(OC)nc1)N1CCN(Cc2ccon2)CC1. The Kier molecular flexibility index (Phi) is 5.84. The topological polar surface area (TPSA) is 79.0 Å². The molecule has 0 saturated carbocycles. The van der Waals surface area contributed by atoms with Crippen molar-refractivity contribution in [2.75, 3.05) is 40.3 Å². The zero-order chi connectivity index (χ0) is 17.5. The molecule has 25 heavy (non-hydrogen) atoms. The maximum atomic E-state index is 5.08. The molecule has 0 radical (unpaired) electrons. The molecule has 0 aliphatic carbocycles. The van der Waals surface area contributed by atoms with Gasteiger partial charge >= 0.3 is 0 Å².